The maximum absolute atomic E-state index is 12.1. The van der Waals surface area contributed by atoms with Gasteiger partial charge in [-0.2, -0.15) is 0 Å². The molecule has 1 aromatic carbocycles. The smallest absolute Gasteiger partial charge is 0.408 e. The molecule has 7 heteroatoms. The van der Waals surface area contributed by atoms with Crippen molar-refractivity contribution in [1.29, 1.82) is 0 Å². The van der Waals surface area contributed by atoms with Gasteiger partial charge in [0.1, 0.15) is 18.0 Å². The Kier molecular flexibility index (Phi) is 11.5. The summed E-state index contributed by atoms with van der Waals surface area (Å²) in [4.78, 5) is 47.4. The molecule has 0 fully saturated rings. The molecular formula is C24H35NO6. The highest BCUT2D eigenvalue weighted by molar-refractivity contribution is 5.89. The minimum absolute atomic E-state index is 0.0483. The van der Waals surface area contributed by atoms with E-state index in [0.717, 1.165) is 18.4 Å². The number of benzene rings is 1. The molecule has 0 aromatic heterocycles. The second kappa shape index (κ2) is 13.6. The molecule has 7 nitrogen and oxygen atoms in total. The summed E-state index contributed by atoms with van der Waals surface area (Å²) < 4.78 is 10.3. The molecule has 0 aliphatic rings. The van der Waals surface area contributed by atoms with Crippen molar-refractivity contribution in [2.45, 2.75) is 78.4 Å². The first kappa shape index (κ1) is 26.3. The summed E-state index contributed by atoms with van der Waals surface area (Å²) in [7, 11) is 0. The van der Waals surface area contributed by atoms with Crippen LogP contribution in [0.5, 0.6) is 0 Å². The minimum Gasteiger partial charge on any atom is -0.461 e. The number of unbranched alkanes of at least 4 members (excludes halogenated alkanes) is 2. The first-order valence-corrected chi connectivity index (χ1v) is 10.8. The van der Waals surface area contributed by atoms with Crippen molar-refractivity contribution in [1.82, 2.24) is 5.32 Å². The van der Waals surface area contributed by atoms with E-state index in [9.17, 15) is 19.2 Å². The van der Waals surface area contributed by atoms with Crippen molar-refractivity contribution < 1.29 is 28.7 Å². The Bertz CT molecular complexity index is 723. The van der Waals surface area contributed by atoms with Crippen LogP contribution in [0.25, 0.3) is 0 Å². The molecule has 1 aromatic rings. The average molecular weight is 434 g/mol. The second-order valence-corrected chi connectivity index (χ2v) is 8.65. The zero-order chi connectivity index (χ0) is 23.3. The molecule has 0 saturated heterocycles. The quantitative estimate of drug-likeness (QED) is 0.366. The topological polar surface area (TPSA) is 98.8 Å². The highest BCUT2D eigenvalue weighted by atomic mass is 16.6. The number of rotatable bonds is 13. The van der Waals surface area contributed by atoms with Crippen molar-refractivity contribution in [3.05, 3.63) is 35.9 Å². The number of esters is 1. The number of amides is 1. The van der Waals surface area contributed by atoms with E-state index in [-0.39, 0.29) is 43.0 Å². The van der Waals surface area contributed by atoms with Gasteiger partial charge in [0.25, 0.3) is 0 Å². The van der Waals surface area contributed by atoms with Crippen molar-refractivity contribution in [2.24, 2.45) is 5.92 Å². The third-order valence-corrected chi connectivity index (χ3v) is 4.55. The number of nitrogens with one attached hydrogen (secondary N) is 1. The molecule has 172 valence electrons. The molecule has 31 heavy (non-hydrogen) atoms. The van der Waals surface area contributed by atoms with Gasteiger partial charge in [-0.25, -0.2) is 4.79 Å². The Labute approximate surface area is 184 Å². The Hall–Kier alpha value is -2.70. The third kappa shape index (κ3) is 13.3. The second-order valence-electron chi connectivity index (χ2n) is 8.65. The molecule has 0 spiro atoms. The van der Waals surface area contributed by atoms with Crippen LogP contribution in [0.2, 0.25) is 0 Å². The van der Waals surface area contributed by atoms with Crippen molar-refractivity contribution >= 4 is 23.6 Å². The van der Waals surface area contributed by atoms with Crippen molar-refractivity contribution in [3.8, 4) is 0 Å². The maximum atomic E-state index is 12.1. The van der Waals surface area contributed by atoms with Crippen LogP contribution < -0.4 is 5.32 Å². The summed E-state index contributed by atoms with van der Waals surface area (Å²) >= 11 is 0. The minimum atomic E-state index is -0.653. The van der Waals surface area contributed by atoms with Gasteiger partial charge in [-0.05, 0) is 46.1 Å². The zero-order valence-electron chi connectivity index (χ0n) is 19.1. The lowest BCUT2D eigenvalue weighted by Crippen LogP contribution is -2.36. The SMILES string of the molecule is CC(=O)[C@H](CCCCCC(=O)OCc1ccccc1)CC(=O)CNC(=O)OC(C)(C)C. The van der Waals surface area contributed by atoms with Crippen LogP contribution in [-0.2, 0) is 30.5 Å². The van der Waals surface area contributed by atoms with Gasteiger partial charge in [-0.1, -0.05) is 43.2 Å². The Morgan fingerprint density at radius 3 is 2.29 bits per heavy atom. The van der Waals surface area contributed by atoms with Crippen LogP contribution in [-0.4, -0.2) is 35.8 Å². The van der Waals surface area contributed by atoms with E-state index < -0.39 is 11.7 Å². The van der Waals surface area contributed by atoms with Crippen LogP contribution in [0.3, 0.4) is 0 Å². The molecule has 0 unspecified atom stereocenters. The molecule has 0 aliphatic heterocycles. The lowest BCUT2D eigenvalue weighted by Gasteiger charge is -2.19. The first-order valence-electron chi connectivity index (χ1n) is 10.8. The molecule has 0 bridgehead atoms. The van der Waals surface area contributed by atoms with Gasteiger partial charge in [0.15, 0.2) is 5.78 Å². The number of alkyl carbamates (subject to hydrolysis) is 1. The van der Waals surface area contributed by atoms with E-state index in [2.05, 4.69) is 5.32 Å². The highest BCUT2D eigenvalue weighted by Crippen LogP contribution is 2.16. The standard InChI is InChI=1S/C24H35NO6/c1-18(26)20(15-21(27)16-25-23(29)31-24(2,3)4)13-9-6-10-14-22(28)30-17-19-11-7-5-8-12-19/h5,7-8,11-12,20H,6,9-10,13-17H2,1-4H3,(H,25,29)/t20-/m1/s1. The molecule has 1 atom stereocenters. The van der Waals surface area contributed by atoms with Gasteiger partial charge in [0, 0.05) is 18.8 Å². The van der Waals surface area contributed by atoms with Gasteiger partial charge >= 0.3 is 12.1 Å². The third-order valence-electron chi connectivity index (χ3n) is 4.55. The van der Waals surface area contributed by atoms with E-state index in [1.54, 1.807) is 20.8 Å². The molecule has 0 aliphatic carbocycles. The van der Waals surface area contributed by atoms with Crippen molar-refractivity contribution in [2.75, 3.05) is 6.54 Å². The fourth-order valence-electron chi connectivity index (χ4n) is 2.93. The Balaban J connectivity index is 2.22. The van der Waals surface area contributed by atoms with Gasteiger partial charge in [0.05, 0.1) is 6.54 Å². The number of ketones is 2. The van der Waals surface area contributed by atoms with E-state index in [1.807, 2.05) is 30.3 Å². The number of carbonyl (C=O) groups excluding carboxylic acids is 4. The molecule has 0 heterocycles. The average Bonchev–Trinajstić information content (AvgIpc) is 2.69. The van der Waals surface area contributed by atoms with Crippen LogP contribution in [0, 0.1) is 5.92 Å². The van der Waals surface area contributed by atoms with E-state index >= 15 is 0 Å². The Morgan fingerprint density at radius 2 is 1.68 bits per heavy atom. The van der Waals surface area contributed by atoms with E-state index in [0.29, 0.717) is 19.3 Å². The number of ether oxygens (including phenoxy) is 2. The fraction of sp³-hybridized carbons (Fsp3) is 0.583. The van der Waals surface area contributed by atoms with Gasteiger partial charge in [-0.3, -0.25) is 14.4 Å². The van der Waals surface area contributed by atoms with Gasteiger partial charge < -0.3 is 14.8 Å². The molecule has 1 rings (SSSR count). The summed E-state index contributed by atoms with van der Waals surface area (Å²) in [6, 6.07) is 9.50. The normalized spacial score (nSPS) is 12.0. The van der Waals surface area contributed by atoms with Crippen LogP contribution in [0.15, 0.2) is 30.3 Å². The number of hydrogen-bond acceptors (Lipinski definition) is 6. The monoisotopic (exact) mass is 433 g/mol. The number of carbonyl (C=O) groups is 4. The van der Waals surface area contributed by atoms with Crippen LogP contribution in [0.4, 0.5) is 4.79 Å². The lowest BCUT2D eigenvalue weighted by atomic mass is 9.92. The van der Waals surface area contributed by atoms with E-state index in [1.165, 1.54) is 6.92 Å². The summed E-state index contributed by atoms with van der Waals surface area (Å²) in [6.45, 7) is 6.80. The molecule has 1 N–H and O–H groups in total. The predicted molar refractivity (Wildman–Crippen MR) is 117 cm³/mol. The molecule has 1 amide bonds. The lowest BCUT2D eigenvalue weighted by molar-refractivity contribution is -0.145. The largest absolute Gasteiger partial charge is 0.461 e. The van der Waals surface area contributed by atoms with Gasteiger partial charge in [-0.15, -0.1) is 0 Å². The zero-order valence-corrected chi connectivity index (χ0v) is 19.1. The molecular weight excluding hydrogens is 398 g/mol. The van der Waals surface area contributed by atoms with Crippen LogP contribution >= 0.6 is 0 Å². The summed E-state index contributed by atoms with van der Waals surface area (Å²) in [5, 5.41) is 2.42. The summed E-state index contributed by atoms with van der Waals surface area (Å²) in [5.74, 6) is -0.878. The summed E-state index contributed by atoms with van der Waals surface area (Å²) in [6.07, 6.45) is 2.52. The molecule has 0 saturated carbocycles. The van der Waals surface area contributed by atoms with Gasteiger partial charge in [0.2, 0.25) is 0 Å². The fourth-order valence-corrected chi connectivity index (χ4v) is 2.93. The van der Waals surface area contributed by atoms with E-state index in [4.69, 9.17) is 9.47 Å². The molecule has 0 radical (unpaired) electrons. The van der Waals surface area contributed by atoms with Crippen LogP contribution in [0.1, 0.15) is 71.8 Å². The Morgan fingerprint density at radius 1 is 1.00 bits per heavy atom. The maximum Gasteiger partial charge on any atom is 0.408 e. The summed E-state index contributed by atoms with van der Waals surface area (Å²) in [5.41, 5.74) is 0.314. The number of hydrogen-bond donors (Lipinski definition) is 1. The van der Waals surface area contributed by atoms with Crippen molar-refractivity contribution in [3.63, 3.8) is 0 Å². The number of Topliss-reactive ketones (excluding diaryl/α,β-unsaturated/α-hetero) is 2. The highest BCUT2D eigenvalue weighted by Gasteiger charge is 2.20. The first-order chi connectivity index (χ1) is 14.6. The predicted octanol–water partition coefficient (Wildman–Crippen LogP) is 4.37.